The number of benzene rings is 1. The molecule has 2 aromatic rings. The van der Waals surface area contributed by atoms with Gasteiger partial charge in [-0.25, -0.2) is 0 Å². The number of nitrogens with one attached hydrogen (secondary N) is 1. The van der Waals surface area contributed by atoms with Crippen LogP contribution in [0, 0.1) is 0 Å². The van der Waals surface area contributed by atoms with Crippen molar-refractivity contribution in [1.29, 1.82) is 0 Å². The Labute approximate surface area is 144 Å². The molecular weight excluding hydrogens is 360 g/mol. The molecule has 0 bridgehead atoms. The molecule has 7 heteroatoms. The average Bonchev–Trinajstić information content (AvgIpc) is 2.94. The summed E-state index contributed by atoms with van der Waals surface area (Å²) < 4.78 is 8.00. The van der Waals surface area contributed by atoms with Crippen LogP contribution in [0.4, 0.5) is 0 Å². The van der Waals surface area contributed by atoms with E-state index in [4.69, 9.17) is 4.74 Å². The first-order chi connectivity index (χ1) is 11.0. The molecule has 1 aromatic heterocycles. The average molecular weight is 381 g/mol. The summed E-state index contributed by atoms with van der Waals surface area (Å²) in [5.41, 5.74) is 1.78. The van der Waals surface area contributed by atoms with E-state index in [1.807, 2.05) is 31.4 Å². The molecule has 124 valence electrons. The van der Waals surface area contributed by atoms with Crippen LogP contribution >= 0.6 is 15.9 Å². The molecule has 1 N–H and O–H groups in total. The number of carbonyl (C=O) groups is 1. The van der Waals surface area contributed by atoms with E-state index >= 15 is 0 Å². The Hall–Kier alpha value is -1.86. The van der Waals surface area contributed by atoms with Gasteiger partial charge in [-0.05, 0) is 25.2 Å². The van der Waals surface area contributed by atoms with Gasteiger partial charge in [0.15, 0.2) is 0 Å². The highest BCUT2D eigenvalue weighted by molar-refractivity contribution is 9.10. The van der Waals surface area contributed by atoms with Crippen molar-refractivity contribution in [1.82, 2.24) is 20.0 Å². The molecular formula is C16H21BrN4O2. The maximum absolute atomic E-state index is 12.7. The first kappa shape index (κ1) is 17.5. The molecule has 6 nitrogen and oxygen atoms in total. The van der Waals surface area contributed by atoms with Crippen LogP contribution in [-0.2, 0) is 18.4 Å². The number of methoxy groups -OCH3 is 1. The van der Waals surface area contributed by atoms with Gasteiger partial charge in [0, 0.05) is 42.4 Å². The quantitative estimate of drug-likeness (QED) is 0.833. The fourth-order valence-corrected chi connectivity index (χ4v) is 2.85. The molecule has 1 amide bonds. The van der Waals surface area contributed by atoms with Crippen LogP contribution in [0.3, 0.4) is 0 Å². The first-order valence-electron chi connectivity index (χ1n) is 7.19. The molecule has 0 saturated carbocycles. The summed E-state index contributed by atoms with van der Waals surface area (Å²) in [6.07, 6.45) is 3.54. The van der Waals surface area contributed by atoms with Crippen molar-refractivity contribution in [2.75, 3.05) is 21.2 Å². The van der Waals surface area contributed by atoms with Crippen LogP contribution < -0.4 is 10.1 Å². The lowest BCUT2D eigenvalue weighted by Gasteiger charge is -2.24. The largest absolute Gasteiger partial charge is 0.496 e. The first-order valence-corrected chi connectivity index (χ1v) is 7.98. The second-order valence-corrected chi connectivity index (χ2v) is 6.24. The zero-order chi connectivity index (χ0) is 17.0. The van der Waals surface area contributed by atoms with Gasteiger partial charge in [-0.15, -0.1) is 0 Å². The molecule has 1 heterocycles. The van der Waals surface area contributed by atoms with E-state index in [1.54, 1.807) is 37.0 Å². The van der Waals surface area contributed by atoms with Gasteiger partial charge in [0.1, 0.15) is 11.8 Å². The smallest absolute Gasteiger partial charge is 0.244 e. The molecule has 0 spiro atoms. The summed E-state index contributed by atoms with van der Waals surface area (Å²) in [6.45, 7) is 0.458. The standard InChI is InChI=1S/C16H21BrN4O2/c1-18-15(12-8-19-21(3)10-12)16(22)20(2)9-11-7-13(17)5-6-14(11)23-4/h5-8,10,15,18H,9H2,1-4H3. The van der Waals surface area contributed by atoms with E-state index in [0.717, 1.165) is 21.3 Å². The summed E-state index contributed by atoms with van der Waals surface area (Å²) in [5.74, 6) is 0.734. The third-order valence-electron chi connectivity index (χ3n) is 3.62. The molecule has 1 unspecified atom stereocenters. The number of halogens is 1. The number of carbonyl (C=O) groups excluding carboxylic acids is 1. The Kier molecular flexibility index (Phi) is 5.79. The molecule has 0 aliphatic heterocycles. The van der Waals surface area contributed by atoms with Gasteiger partial charge in [-0.2, -0.15) is 5.10 Å². The summed E-state index contributed by atoms with van der Waals surface area (Å²) >= 11 is 3.45. The Bertz CT molecular complexity index is 686. The number of nitrogens with zero attached hydrogens (tertiary/aromatic N) is 3. The van der Waals surface area contributed by atoms with E-state index in [0.29, 0.717) is 6.54 Å². The molecule has 1 aromatic carbocycles. The lowest BCUT2D eigenvalue weighted by Crippen LogP contribution is -2.37. The fraction of sp³-hybridized carbons (Fsp3) is 0.375. The summed E-state index contributed by atoms with van der Waals surface area (Å²) in [6, 6.07) is 5.33. The number of rotatable bonds is 6. The summed E-state index contributed by atoms with van der Waals surface area (Å²) in [7, 11) is 7.00. The Morgan fingerprint density at radius 1 is 1.52 bits per heavy atom. The predicted octanol–water partition coefficient (Wildman–Crippen LogP) is 2.11. The van der Waals surface area contributed by atoms with Gasteiger partial charge >= 0.3 is 0 Å². The zero-order valence-electron chi connectivity index (χ0n) is 13.7. The number of aromatic nitrogens is 2. The Morgan fingerprint density at radius 3 is 2.83 bits per heavy atom. The molecule has 0 radical (unpaired) electrons. The van der Waals surface area contributed by atoms with Crippen molar-refractivity contribution < 1.29 is 9.53 Å². The molecule has 0 fully saturated rings. The highest BCUT2D eigenvalue weighted by Gasteiger charge is 2.24. The van der Waals surface area contributed by atoms with E-state index in [9.17, 15) is 4.79 Å². The fourth-order valence-electron chi connectivity index (χ4n) is 2.45. The SMILES string of the molecule is CNC(C(=O)N(C)Cc1cc(Br)ccc1OC)c1cnn(C)c1. The van der Waals surface area contributed by atoms with Gasteiger partial charge < -0.3 is 15.0 Å². The van der Waals surface area contributed by atoms with E-state index in [2.05, 4.69) is 26.3 Å². The van der Waals surface area contributed by atoms with Crippen LogP contribution in [-0.4, -0.2) is 41.8 Å². The molecule has 1 atom stereocenters. The number of hydrogen-bond acceptors (Lipinski definition) is 4. The molecule has 0 saturated heterocycles. The van der Waals surface area contributed by atoms with Gasteiger partial charge in [0.2, 0.25) is 5.91 Å². The second-order valence-electron chi connectivity index (χ2n) is 5.32. The minimum absolute atomic E-state index is 0.0254. The molecule has 23 heavy (non-hydrogen) atoms. The van der Waals surface area contributed by atoms with Crippen molar-refractivity contribution in [3.63, 3.8) is 0 Å². The van der Waals surface area contributed by atoms with Crippen LogP contribution in [0.1, 0.15) is 17.2 Å². The summed E-state index contributed by atoms with van der Waals surface area (Å²) in [4.78, 5) is 14.4. The van der Waals surface area contributed by atoms with E-state index in [-0.39, 0.29) is 5.91 Å². The number of aryl methyl sites for hydroxylation is 1. The van der Waals surface area contributed by atoms with Gasteiger partial charge in [0.25, 0.3) is 0 Å². The Balaban J connectivity index is 2.17. The molecule has 0 aliphatic carbocycles. The van der Waals surface area contributed by atoms with Crippen LogP contribution in [0.25, 0.3) is 0 Å². The highest BCUT2D eigenvalue weighted by Crippen LogP contribution is 2.25. The number of likely N-dealkylation sites (N-methyl/N-ethyl adjacent to an activating group) is 2. The van der Waals surface area contributed by atoms with E-state index < -0.39 is 6.04 Å². The van der Waals surface area contributed by atoms with E-state index in [1.165, 1.54) is 0 Å². The highest BCUT2D eigenvalue weighted by atomic mass is 79.9. The lowest BCUT2D eigenvalue weighted by atomic mass is 10.1. The van der Waals surface area contributed by atoms with Crippen molar-refractivity contribution in [3.8, 4) is 5.75 Å². The normalized spacial score (nSPS) is 12.0. The number of amides is 1. The Morgan fingerprint density at radius 2 is 2.26 bits per heavy atom. The minimum atomic E-state index is -0.424. The molecule has 0 aliphatic rings. The van der Waals surface area contributed by atoms with Crippen molar-refractivity contribution in [3.05, 3.63) is 46.2 Å². The van der Waals surface area contributed by atoms with Crippen LogP contribution in [0.5, 0.6) is 5.75 Å². The third-order valence-corrected chi connectivity index (χ3v) is 4.11. The van der Waals surface area contributed by atoms with Gasteiger partial charge in [-0.1, -0.05) is 15.9 Å². The van der Waals surface area contributed by atoms with Gasteiger partial charge in [0.05, 0.1) is 13.3 Å². The van der Waals surface area contributed by atoms with Crippen molar-refractivity contribution in [2.24, 2.45) is 7.05 Å². The predicted molar refractivity (Wildman–Crippen MR) is 92.2 cm³/mol. The monoisotopic (exact) mass is 380 g/mol. The van der Waals surface area contributed by atoms with Crippen LogP contribution in [0.2, 0.25) is 0 Å². The maximum Gasteiger partial charge on any atom is 0.244 e. The minimum Gasteiger partial charge on any atom is -0.496 e. The third kappa shape index (κ3) is 4.11. The topological polar surface area (TPSA) is 59.4 Å². The lowest BCUT2D eigenvalue weighted by molar-refractivity contribution is -0.132. The zero-order valence-corrected chi connectivity index (χ0v) is 15.3. The second kappa shape index (κ2) is 7.61. The summed E-state index contributed by atoms with van der Waals surface area (Å²) in [5, 5.41) is 7.18. The molecule has 2 rings (SSSR count). The number of ether oxygens (including phenoxy) is 1. The maximum atomic E-state index is 12.7. The van der Waals surface area contributed by atoms with Crippen LogP contribution in [0.15, 0.2) is 35.1 Å². The van der Waals surface area contributed by atoms with Crippen molar-refractivity contribution in [2.45, 2.75) is 12.6 Å². The van der Waals surface area contributed by atoms with Crippen molar-refractivity contribution >= 4 is 21.8 Å². The number of hydrogen-bond donors (Lipinski definition) is 1. The van der Waals surface area contributed by atoms with Gasteiger partial charge in [-0.3, -0.25) is 9.48 Å².